The first-order chi connectivity index (χ1) is 5.34. The molecule has 0 aliphatic carbocycles. The lowest BCUT2D eigenvalue weighted by Gasteiger charge is -2.18. The third kappa shape index (κ3) is 1.33. The highest BCUT2D eigenvalue weighted by Crippen LogP contribution is 2.28. The predicted octanol–water partition coefficient (Wildman–Crippen LogP) is 2.21. The Labute approximate surface area is 74.4 Å². The Bertz CT molecular complexity index is 290. The molecule has 0 spiro atoms. The van der Waals surface area contributed by atoms with Crippen LogP contribution in [-0.2, 0) is 12.5 Å². The molecule has 0 unspecified atom stereocenters. The molecule has 1 aromatic heterocycles. The van der Waals surface area contributed by atoms with Crippen LogP contribution < -0.4 is 5.73 Å². The average molecular weight is 166 g/mol. The van der Waals surface area contributed by atoms with Crippen molar-refractivity contribution in [3.05, 3.63) is 17.3 Å². The van der Waals surface area contributed by atoms with Gasteiger partial charge in [0.05, 0.1) is 0 Å². The molecule has 0 amide bonds. The largest absolute Gasteiger partial charge is 0.385 e. The molecule has 1 rings (SSSR count). The van der Waals surface area contributed by atoms with Crippen LogP contribution in [0, 0.1) is 6.92 Å². The Morgan fingerprint density at radius 2 is 1.83 bits per heavy atom. The van der Waals surface area contributed by atoms with Gasteiger partial charge in [0, 0.05) is 12.7 Å². The van der Waals surface area contributed by atoms with E-state index in [1.165, 1.54) is 11.3 Å². The molecule has 0 saturated carbocycles. The molecule has 0 aliphatic rings. The zero-order valence-electron chi connectivity index (χ0n) is 8.60. The Kier molecular flexibility index (Phi) is 1.94. The first kappa shape index (κ1) is 9.17. The summed E-state index contributed by atoms with van der Waals surface area (Å²) in [6.07, 6.45) is 0. The molecule has 0 aliphatic heterocycles. The van der Waals surface area contributed by atoms with Crippen LogP contribution in [0.25, 0.3) is 0 Å². The van der Waals surface area contributed by atoms with Crippen molar-refractivity contribution in [2.45, 2.75) is 33.1 Å². The summed E-state index contributed by atoms with van der Waals surface area (Å²) in [5.74, 6) is 0.845. The van der Waals surface area contributed by atoms with Crippen LogP contribution in [0.15, 0.2) is 6.07 Å². The average Bonchev–Trinajstić information content (AvgIpc) is 2.15. The smallest absolute Gasteiger partial charge is 0.103 e. The van der Waals surface area contributed by atoms with E-state index in [4.69, 9.17) is 5.73 Å². The number of aromatic nitrogens is 1. The summed E-state index contributed by atoms with van der Waals surface area (Å²) in [5.41, 5.74) is 8.59. The summed E-state index contributed by atoms with van der Waals surface area (Å²) in [6, 6.07) is 2.06. The number of nitrogens with zero attached hydrogens (tertiary/aromatic N) is 1. The van der Waals surface area contributed by atoms with E-state index >= 15 is 0 Å². The van der Waals surface area contributed by atoms with E-state index in [0.717, 1.165) is 5.82 Å². The summed E-state index contributed by atoms with van der Waals surface area (Å²) in [5, 5.41) is 0. The number of hydrogen-bond donors (Lipinski definition) is 1. The molecule has 12 heavy (non-hydrogen) atoms. The molecule has 1 aromatic rings. The van der Waals surface area contributed by atoms with Crippen LogP contribution in [0.3, 0.4) is 0 Å². The van der Waals surface area contributed by atoms with Gasteiger partial charge in [-0.3, -0.25) is 0 Å². The van der Waals surface area contributed by atoms with Crippen LogP contribution in [0.2, 0.25) is 0 Å². The van der Waals surface area contributed by atoms with Crippen molar-refractivity contribution in [3.63, 3.8) is 0 Å². The number of hydrogen-bond acceptors (Lipinski definition) is 1. The summed E-state index contributed by atoms with van der Waals surface area (Å²) < 4.78 is 2.03. The molecule has 2 N–H and O–H groups in total. The first-order valence-corrected chi connectivity index (χ1v) is 4.26. The molecule has 2 nitrogen and oxygen atoms in total. The van der Waals surface area contributed by atoms with Crippen LogP contribution in [0.1, 0.15) is 32.0 Å². The maximum Gasteiger partial charge on any atom is 0.103 e. The number of nitrogens with two attached hydrogens (primary N) is 1. The highest BCUT2D eigenvalue weighted by Gasteiger charge is 2.19. The van der Waals surface area contributed by atoms with Crippen LogP contribution in [0.4, 0.5) is 5.82 Å². The van der Waals surface area contributed by atoms with Gasteiger partial charge in [0.25, 0.3) is 0 Å². The van der Waals surface area contributed by atoms with Gasteiger partial charge in [0.2, 0.25) is 0 Å². The van der Waals surface area contributed by atoms with Crippen molar-refractivity contribution >= 4 is 5.82 Å². The molecule has 0 aromatic carbocycles. The van der Waals surface area contributed by atoms with Crippen molar-refractivity contribution in [1.29, 1.82) is 0 Å². The topological polar surface area (TPSA) is 30.9 Å². The molecule has 1 heterocycles. The fourth-order valence-corrected chi connectivity index (χ4v) is 1.48. The van der Waals surface area contributed by atoms with Gasteiger partial charge in [-0.1, -0.05) is 20.8 Å². The minimum absolute atomic E-state index is 0.194. The molecule has 0 saturated heterocycles. The van der Waals surface area contributed by atoms with E-state index in [1.807, 2.05) is 11.6 Å². The fraction of sp³-hybridized carbons (Fsp3) is 0.600. The van der Waals surface area contributed by atoms with Crippen molar-refractivity contribution in [3.8, 4) is 0 Å². The number of anilines is 1. The second kappa shape index (κ2) is 2.54. The van der Waals surface area contributed by atoms with E-state index in [1.54, 1.807) is 0 Å². The fourth-order valence-electron chi connectivity index (χ4n) is 1.48. The minimum Gasteiger partial charge on any atom is -0.385 e. The molecule has 0 fully saturated rings. The zero-order chi connectivity index (χ0) is 9.52. The van der Waals surface area contributed by atoms with E-state index in [0.29, 0.717) is 0 Å². The summed E-state index contributed by atoms with van der Waals surface area (Å²) in [7, 11) is 2.00. The van der Waals surface area contributed by atoms with Crippen LogP contribution in [0.5, 0.6) is 0 Å². The lowest BCUT2D eigenvalue weighted by molar-refractivity contribution is 0.583. The normalized spacial score (nSPS) is 12.1. The highest BCUT2D eigenvalue weighted by atomic mass is 15.0. The molecule has 0 atom stereocenters. The molecule has 0 radical (unpaired) electrons. The number of nitrogen functional groups attached to an aromatic ring is 1. The lowest BCUT2D eigenvalue weighted by Crippen LogP contribution is -2.12. The standard InChI is InChI=1S/C10H18N2/c1-7-8(10(2,3)4)6-9(11)12(7)5/h6H,11H2,1-5H3. The maximum absolute atomic E-state index is 5.80. The second-order valence-corrected chi connectivity index (χ2v) is 4.38. The van der Waals surface area contributed by atoms with E-state index in [2.05, 4.69) is 33.8 Å². The SMILES string of the molecule is Cc1c(C(C)(C)C)cc(N)n1C. The number of rotatable bonds is 0. The summed E-state index contributed by atoms with van der Waals surface area (Å²) >= 11 is 0. The third-order valence-corrected chi connectivity index (χ3v) is 2.38. The monoisotopic (exact) mass is 166 g/mol. The van der Waals surface area contributed by atoms with Gasteiger partial charge in [-0.15, -0.1) is 0 Å². The van der Waals surface area contributed by atoms with Crippen molar-refractivity contribution in [1.82, 2.24) is 4.57 Å². The Hall–Kier alpha value is -0.920. The quantitative estimate of drug-likeness (QED) is 0.629. The molecule has 0 bridgehead atoms. The van der Waals surface area contributed by atoms with Crippen molar-refractivity contribution in [2.24, 2.45) is 7.05 Å². The van der Waals surface area contributed by atoms with Crippen molar-refractivity contribution in [2.75, 3.05) is 5.73 Å². The molecule has 2 heteroatoms. The van der Waals surface area contributed by atoms with Crippen LogP contribution >= 0.6 is 0 Å². The Balaban J connectivity index is 3.28. The highest BCUT2D eigenvalue weighted by molar-refractivity contribution is 5.43. The van der Waals surface area contributed by atoms with Gasteiger partial charge >= 0.3 is 0 Å². The Morgan fingerprint density at radius 3 is 2.00 bits per heavy atom. The van der Waals surface area contributed by atoms with E-state index in [9.17, 15) is 0 Å². The summed E-state index contributed by atoms with van der Waals surface area (Å²) in [4.78, 5) is 0. The zero-order valence-corrected chi connectivity index (χ0v) is 8.60. The van der Waals surface area contributed by atoms with E-state index < -0.39 is 0 Å². The summed E-state index contributed by atoms with van der Waals surface area (Å²) in [6.45, 7) is 8.72. The maximum atomic E-state index is 5.80. The van der Waals surface area contributed by atoms with Gasteiger partial charge in [0.1, 0.15) is 5.82 Å². The van der Waals surface area contributed by atoms with Gasteiger partial charge in [-0.25, -0.2) is 0 Å². The molecular weight excluding hydrogens is 148 g/mol. The van der Waals surface area contributed by atoms with Gasteiger partial charge < -0.3 is 10.3 Å². The molecule has 68 valence electrons. The first-order valence-electron chi connectivity index (χ1n) is 4.26. The van der Waals surface area contributed by atoms with Gasteiger partial charge in [0.15, 0.2) is 0 Å². The predicted molar refractivity (Wildman–Crippen MR) is 53.3 cm³/mol. The van der Waals surface area contributed by atoms with Gasteiger partial charge in [-0.05, 0) is 24.0 Å². The molecular formula is C10H18N2. The van der Waals surface area contributed by atoms with Gasteiger partial charge in [-0.2, -0.15) is 0 Å². The van der Waals surface area contributed by atoms with Crippen LogP contribution in [-0.4, -0.2) is 4.57 Å². The lowest BCUT2D eigenvalue weighted by atomic mass is 9.87. The third-order valence-electron chi connectivity index (χ3n) is 2.38. The minimum atomic E-state index is 0.194. The second-order valence-electron chi connectivity index (χ2n) is 4.38. The Morgan fingerprint density at radius 1 is 1.33 bits per heavy atom. The van der Waals surface area contributed by atoms with E-state index in [-0.39, 0.29) is 5.41 Å². The van der Waals surface area contributed by atoms with Crippen molar-refractivity contribution < 1.29 is 0 Å².